The summed E-state index contributed by atoms with van der Waals surface area (Å²) < 4.78 is 4.82. The van der Waals surface area contributed by atoms with Crippen molar-refractivity contribution in [3.63, 3.8) is 0 Å². The van der Waals surface area contributed by atoms with Crippen molar-refractivity contribution in [3.8, 4) is 45.1 Å². The molecule has 4 nitrogen and oxygen atoms in total. The maximum atomic E-state index is 5.34. The Morgan fingerprint density at radius 1 is 0.328 bits per heavy atom. The third-order valence-corrected chi connectivity index (χ3v) is 11.7. The number of rotatable bonds is 5. The predicted molar refractivity (Wildman–Crippen MR) is 242 cm³/mol. The van der Waals surface area contributed by atoms with Gasteiger partial charge >= 0.3 is 0 Å². The van der Waals surface area contributed by atoms with Gasteiger partial charge < -0.3 is 9.13 Å². The summed E-state index contributed by atoms with van der Waals surface area (Å²) in [5, 5.41) is 8.26. The van der Waals surface area contributed by atoms with E-state index in [4.69, 9.17) is 9.97 Å². The lowest BCUT2D eigenvalue weighted by Crippen LogP contribution is -1.98. The summed E-state index contributed by atoms with van der Waals surface area (Å²) in [5.74, 6) is 0.700. The largest absolute Gasteiger partial charge is 0.309 e. The maximum absolute atomic E-state index is 5.34. The van der Waals surface area contributed by atoms with Crippen molar-refractivity contribution in [3.05, 3.63) is 206 Å². The highest BCUT2D eigenvalue weighted by Crippen LogP contribution is 2.40. The Hall–Kier alpha value is -7.82. The second-order valence-electron chi connectivity index (χ2n) is 15.0. The van der Waals surface area contributed by atoms with Gasteiger partial charge in [-0.05, 0) is 83.2 Å². The quantitative estimate of drug-likeness (QED) is 0.165. The van der Waals surface area contributed by atoms with Crippen molar-refractivity contribution in [2.45, 2.75) is 0 Å². The van der Waals surface area contributed by atoms with Crippen molar-refractivity contribution < 1.29 is 0 Å². The van der Waals surface area contributed by atoms with Crippen molar-refractivity contribution in [1.82, 2.24) is 19.1 Å². The summed E-state index contributed by atoms with van der Waals surface area (Å²) in [6, 6.07) is 73.7. The first-order chi connectivity index (χ1) is 28.8. The Bertz CT molecular complexity index is 3500. The zero-order chi connectivity index (χ0) is 38.2. The molecule has 0 N–H and O–H groups in total. The summed E-state index contributed by atoms with van der Waals surface area (Å²) in [5.41, 5.74) is 13.2. The Balaban J connectivity index is 1.04. The van der Waals surface area contributed by atoms with Crippen molar-refractivity contribution in [2.24, 2.45) is 0 Å². The normalized spacial score (nSPS) is 11.8. The lowest BCUT2D eigenvalue weighted by molar-refractivity contribution is 1.17. The van der Waals surface area contributed by atoms with Crippen LogP contribution < -0.4 is 0 Å². The Labute approximate surface area is 334 Å². The molecule has 0 aliphatic heterocycles. The van der Waals surface area contributed by atoms with Crippen molar-refractivity contribution in [1.29, 1.82) is 0 Å². The van der Waals surface area contributed by atoms with Crippen LogP contribution >= 0.6 is 0 Å². The van der Waals surface area contributed by atoms with E-state index in [1.54, 1.807) is 0 Å². The van der Waals surface area contributed by atoms with Gasteiger partial charge in [0.1, 0.15) is 0 Å². The standard InChI is InChI=1S/C54H34N4/c1-2-14-35(15-3-1)38-17-12-18-39(34-38)52-45-33-30-36-16-4-5-19-41(36)53(45)56-54(55-52)37-28-31-40(32-29-37)57-48-25-11-8-22-44(48)51-49(57)26-13-27-50(51)58-46-23-9-6-20-42(46)43-21-7-10-24-47(43)58/h1-34H. The van der Waals surface area contributed by atoms with Crippen LogP contribution in [0.25, 0.3) is 110 Å². The summed E-state index contributed by atoms with van der Waals surface area (Å²) in [6.07, 6.45) is 0. The monoisotopic (exact) mass is 738 g/mol. The molecular weight excluding hydrogens is 705 g/mol. The predicted octanol–water partition coefficient (Wildman–Crippen LogP) is 14.0. The fourth-order valence-corrected chi connectivity index (χ4v) is 9.10. The van der Waals surface area contributed by atoms with Gasteiger partial charge in [0.05, 0.1) is 39.0 Å². The molecule has 0 amide bonds. The molecule has 12 aromatic rings. The van der Waals surface area contributed by atoms with Crippen LogP contribution in [0.4, 0.5) is 0 Å². The molecule has 0 aliphatic rings. The second-order valence-corrected chi connectivity index (χ2v) is 15.0. The lowest BCUT2D eigenvalue weighted by atomic mass is 9.98. The molecule has 3 aromatic heterocycles. The molecule has 0 unspecified atom stereocenters. The molecule has 270 valence electrons. The smallest absolute Gasteiger partial charge is 0.160 e. The molecule has 12 rings (SSSR count). The van der Waals surface area contributed by atoms with E-state index >= 15 is 0 Å². The number of benzene rings is 9. The van der Waals surface area contributed by atoms with Gasteiger partial charge in [0.25, 0.3) is 0 Å². The van der Waals surface area contributed by atoms with E-state index in [0.717, 1.165) is 60.8 Å². The average Bonchev–Trinajstić information content (AvgIpc) is 3.82. The third-order valence-electron chi connectivity index (χ3n) is 11.7. The van der Waals surface area contributed by atoms with Crippen molar-refractivity contribution >= 4 is 65.3 Å². The number of hydrogen-bond acceptors (Lipinski definition) is 2. The Morgan fingerprint density at radius 2 is 0.914 bits per heavy atom. The van der Waals surface area contributed by atoms with Gasteiger partial charge in [-0.15, -0.1) is 0 Å². The molecular formula is C54H34N4. The minimum absolute atomic E-state index is 0.700. The summed E-state index contributed by atoms with van der Waals surface area (Å²) in [4.78, 5) is 10.6. The van der Waals surface area contributed by atoms with E-state index in [0.29, 0.717) is 5.82 Å². The van der Waals surface area contributed by atoms with E-state index in [-0.39, 0.29) is 0 Å². The van der Waals surface area contributed by atoms with E-state index in [1.165, 1.54) is 43.8 Å². The number of fused-ring (bicyclic) bond motifs is 9. The first kappa shape index (κ1) is 32.4. The van der Waals surface area contributed by atoms with Gasteiger partial charge in [-0.1, -0.05) is 140 Å². The van der Waals surface area contributed by atoms with Gasteiger partial charge in [-0.25, -0.2) is 9.97 Å². The number of aromatic nitrogens is 4. The molecule has 0 bridgehead atoms. The van der Waals surface area contributed by atoms with E-state index < -0.39 is 0 Å². The van der Waals surface area contributed by atoms with Gasteiger partial charge in [0.2, 0.25) is 0 Å². The third kappa shape index (κ3) is 4.95. The molecule has 58 heavy (non-hydrogen) atoms. The maximum Gasteiger partial charge on any atom is 0.160 e. The minimum atomic E-state index is 0.700. The molecule has 9 aromatic carbocycles. The molecule has 4 heteroatoms. The zero-order valence-electron chi connectivity index (χ0n) is 31.4. The van der Waals surface area contributed by atoms with Gasteiger partial charge in [0.15, 0.2) is 5.82 Å². The summed E-state index contributed by atoms with van der Waals surface area (Å²) in [7, 11) is 0. The molecule has 0 aliphatic carbocycles. The van der Waals surface area contributed by atoms with Crippen LogP contribution in [0.3, 0.4) is 0 Å². The highest BCUT2D eigenvalue weighted by Gasteiger charge is 2.20. The minimum Gasteiger partial charge on any atom is -0.309 e. The second kappa shape index (κ2) is 12.9. The van der Waals surface area contributed by atoms with Crippen LogP contribution in [-0.4, -0.2) is 19.1 Å². The lowest BCUT2D eigenvalue weighted by Gasteiger charge is -2.13. The summed E-state index contributed by atoms with van der Waals surface area (Å²) in [6.45, 7) is 0. The Kier molecular flexibility index (Phi) is 7.20. The highest BCUT2D eigenvalue weighted by molar-refractivity contribution is 6.16. The van der Waals surface area contributed by atoms with Gasteiger partial charge in [-0.2, -0.15) is 0 Å². The number of para-hydroxylation sites is 3. The highest BCUT2D eigenvalue weighted by atomic mass is 15.0. The van der Waals surface area contributed by atoms with Crippen LogP contribution in [0.1, 0.15) is 0 Å². The van der Waals surface area contributed by atoms with Crippen LogP contribution in [0.5, 0.6) is 0 Å². The zero-order valence-corrected chi connectivity index (χ0v) is 31.4. The molecule has 0 atom stereocenters. The molecule has 0 saturated heterocycles. The van der Waals surface area contributed by atoms with Crippen LogP contribution in [0, 0.1) is 0 Å². The number of hydrogen-bond donors (Lipinski definition) is 0. The van der Waals surface area contributed by atoms with Crippen molar-refractivity contribution in [2.75, 3.05) is 0 Å². The van der Waals surface area contributed by atoms with E-state index in [9.17, 15) is 0 Å². The first-order valence-corrected chi connectivity index (χ1v) is 19.8. The fourth-order valence-electron chi connectivity index (χ4n) is 9.10. The van der Waals surface area contributed by atoms with E-state index in [1.807, 2.05) is 0 Å². The molecule has 3 heterocycles. The molecule has 0 spiro atoms. The number of nitrogens with zero attached hydrogens (tertiary/aromatic N) is 4. The first-order valence-electron chi connectivity index (χ1n) is 19.8. The molecule has 0 saturated carbocycles. The van der Waals surface area contributed by atoms with Gasteiger partial charge in [-0.3, -0.25) is 0 Å². The van der Waals surface area contributed by atoms with Crippen LogP contribution in [-0.2, 0) is 0 Å². The van der Waals surface area contributed by atoms with Crippen LogP contribution in [0.15, 0.2) is 206 Å². The van der Waals surface area contributed by atoms with E-state index in [2.05, 4.69) is 215 Å². The average molecular weight is 739 g/mol. The summed E-state index contributed by atoms with van der Waals surface area (Å²) >= 11 is 0. The fraction of sp³-hybridized carbons (Fsp3) is 0. The Morgan fingerprint density at radius 3 is 1.67 bits per heavy atom. The topological polar surface area (TPSA) is 35.6 Å². The molecule has 0 fully saturated rings. The van der Waals surface area contributed by atoms with Crippen LogP contribution in [0.2, 0.25) is 0 Å². The molecule has 0 radical (unpaired) electrons. The SMILES string of the molecule is c1ccc(-c2cccc(-c3nc(-c4ccc(-n5c6ccccc6c6c(-n7c8ccccc8c8ccccc87)cccc65)cc4)nc4c3ccc3ccccc34)c2)cc1. The van der Waals surface area contributed by atoms with Gasteiger partial charge in [0, 0.05) is 49.1 Å².